The van der Waals surface area contributed by atoms with Crippen molar-refractivity contribution in [2.45, 2.75) is 13.3 Å². The molecule has 0 bridgehead atoms. The van der Waals surface area contributed by atoms with Crippen LogP contribution in [0.1, 0.15) is 13.3 Å². The number of carbonyl (C=O) groups excluding carboxylic acids is 1. The van der Waals surface area contributed by atoms with E-state index in [9.17, 15) is 9.59 Å². The summed E-state index contributed by atoms with van der Waals surface area (Å²) in [7, 11) is 0. The summed E-state index contributed by atoms with van der Waals surface area (Å²) < 4.78 is 0. The maximum atomic E-state index is 11.9. The molecule has 6 heteroatoms. The van der Waals surface area contributed by atoms with Crippen molar-refractivity contribution in [1.82, 2.24) is 4.90 Å². The summed E-state index contributed by atoms with van der Waals surface area (Å²) in [5.41, 5.74) is 0.672. The van der Waals surface area contributed by atoms with Gasteiger partial charge in [-0.15, -0.1) is 0 Å². The highest BCUT2D eigenvalue weighted by atomic mass is 35.5. The first-order valence-corrected chi connectivity index (χ1v) is 7.34. The van der Waals surface area contributed by atoms with Crippen LogP contribution in [0, 0.1) is 11.8 Å². The van der Waals surface area contributed by atoms with Crippen LogP contribution in [-0.4, -0.2) is 41.5 Å². The van der Waals surface area contributed by atoms with Gasteiger partial charge in [-0.2, -0.15) is 0 Å². The monoisotopic (exact) mass is 310 g/mol. The number of hydrogen-bond acceptors (Lipinski definition) is 3. The van der Waals surface area contributed by atoms with Crippen molar-refractivity contribution in [3.63, 3.8) is 0 Å². The van der Waals surface area contributed by atoms with Crippen molar-refractivity contribution >= 4 is 29.2 Å². The first-order chi connectivity index (χ1) is 9.95. The lowest BCUT2D eigenvalue weighted by Gasteiger charge is -2.14. The maximum Gasteiger partial charge on any atom is 0.308 e. The zero-order valence-electron chi connectivity index (χ0n) is 11.9. The molecule has 0 aromatic heterocycles. The number of carboxylic acid groups (broad SMARTS) is 1. The van der Waals surface area contributed by atoms with Gasteiger partial charge in [0.1, 0.15) is 0 Å². The number of carbonyl (C=O) groups is 2. The Kier molecular flexibility index (Phi) is 5.20. The van der Waals surface area contributed by atoms with Crippen molar-refractivity contribution in [2.24, 2.45) is 11.8 Å². The minimum absolute atomic E-state index is 0.0938. The fourth-order valence-corrected chi connectivity index (χ4v) is 2.81. The summed E-state index contributed by atoms with van der Waals surface area (Å²) in [5.74, 6) is -1.06. The second kappa shape index (κ2) is 6.91. The zero-order valence-corrected chi connectivity index (χ0v) is 12.6. The van der Waals surface area contributed by atoms with E-state index in [0.717, 1.165) is 6.54 Å². The molecule has 5 nitrogen and oxygen atoms in total. The molecule has 21 heavy (non-hydrogen) atoms. The van der Waals surface area contributed by atoms with E-state index in [2.05, 4.69) is 5.32 Å². The summed E-state index contributed by atoms with van der Waals surface area (Å²) in [5, 5.41) is 12.4. The second-order valence-electron chi connectivity index (χ2n) is 5.49. The lowest BCUT2D eigenvalue weighted by molar-refractivity contribution is -0.142. The minimum Gasteiger partial charge on any atom is -0.481 e. The largest absolute Gasteiger partial charge is 0.481 e. The summed E-state index contributed by atoms with van der Waals surface area (Å²) >= 11 is 5.86. The van der Waals surface area contributed by atoms with Gasteiger partial charge in [-0.3, -0.25) is 9.59 Å². The molecule has 0 aliphatic carbocycles. The van der Waals surface area contributed by atoms with Gasteiger partial charge in [-0.1, -0.05) is 24.6 Å². The third kappa shape index (κ3) is 4.44. The van der Waals surface area contributed by atoms with Gasteiger partial charge < -0.3 is 15.3 Å². The van der Waals surface area contributed by atoms with E-state index in [1.807, 2.05) is 11.8 Å². The number of aliphatic carboxylic acids is 1. The van der Waals surface area contributed by atoms with E-state index in [4.69, 9.17) is 16.7 Å². The Bertz CT molecular complexity index is 535. The number of benzene rings is 1. The molecule has 1 aromatic rings. The Morgan fingerprint density at radius 1 is 1.43 bits per heavy atom. The van der Waals surface area contributed by atoms with Gasteiger partial charge in [0.2, 0.25) is 5.91 Å². The Balaban J connectivity index is 1.78. The van der Waals surface area contributed by atoms with Gasteiger partial charge in [0.25, 0.3) is 0 Å². The molecule has 2 unspecified atom stereocenters. The summed E-state index contributed by atoms with van der Waals surface area (Å²) in [4.78, 5) is 25.0. The van der Waals surface area contributed by atoms with E-state index in [1.165, 1.54) is 0 Å². The molecule has 1 amide bonds. The molecule has 1 aliphatic rings. The van der Waals surface area contributed by atoms with E-state index >= 15 is 0 Å². The molecule has 2 atom stereocenters. The Morgan fingerprint density at radius 2 is 2.19 bits per heavy atom. The lowest BCUT2D eigenvalue weighted by atomic mass is 9.99. The number of halogens is 1. The number of amides is 1. The maximum absolute atomic E-state index is 11.9. The standard InChI is InChI=1S/C15H19ClN2O3/c1-10-8-18(9-13(10)15(20)21)6-5-14(19)17-12-4-2-3-11(16)7-12/h2-4,7,10,13H,5-6,8-9H2,1H3,(H,17,19)(H,20,21). The average molecular weight is 311 g/mol. The highest BCUT2D eigenvalue weighted by Gasteiger charge is 2.34. The average Bonchev–Trinajstić information content (AvgIpc) is 2.78. The van der Waals surface area contributed by atoms with Gasteiger partial charge in [-0.25, -0.2) is 0 Å². The Hall–Kier alpha value is -1.59. The summed E-state index contributed by atoms with van der Waals surface area (Å²) in [6.07, 6.45) is 0.339. The van der Waals surface area contributed by atoms with E-state index in [-0.39, 0.29) is 17.7 Å². The van der Waals surface area contributed by atoms with Crippen LogP contribution >= 0.6 is 11.6 Å². The molecule has 2 rings (SSSR count). The molecular formula is C15H19ClN2O3. The topological polar surface area (TPSA) is 69.6 Å². The van der Waals surface area contributed by atoms with Crippen LogP contribution in [-0.2, 0) is 9.59 Å². The van der Waals surface area contributed by atoms with E-state index in [0.29, 0.717) is 30.2 Å². The number of rotatable bonds is 5. The molecule has 2 N–H and O–H groups in total. The summed E-state index contributed by atoms with van der Waals surface area (Å²) in [6.45, 7) is 3.74. The Morgan fingerprint density at radius 3 is 2.81 bits per heavy atom. The van der Waals surface area contributed by atoms with Crippen molar-refractivity contribution in [1.29, 1.82) is 0 Å². The van der Waals surface area contributed by atoms with Crippen LogP contribution < -0.4 is 5.32 Å². The van der Waals surface area contributed by atoms with Gasteiger partial charge >= 0.3 is 5.97 Å². The van der Waals surface area contributed by atoms with Gasteiger partial charge in [0.15, 0.2) is 0 Å². The molecule has 1 aliphatic heterocycles. The van der Waals surface area contributed by atoms with Crippen LogP contribution in [0.5, 0.6) is 0 Å². The number of hydrogen-bond donors (Lipinski definition) is 2. The number of anilines is 1. The molecule has 1 saturated heterocycles. The minimum atomic E-state index is -0.756. The third-order valence-corrected chi connectivity index (χ3v) is 4.00. The van der Waals surface area contributed by atoms with Crippen LogP contribution in [0.3, 0.4) is 0 Å². The predicted octanol–water partition coefficient (Wildman–Crippen LogP) is 2.32. The quantitative estimate of drug-likeness (QED) is 0.875. The molecule has 1 aromatic carbocycles. The first-order valence-electron chi connectivity index (χ1n) is 6.96. The van der Waals surface area contributed by atoms with E-state index in [1.54, 1.807) is 24.3 Å². The zero-order chi connectivity index (χ0) is 15.4. The van der Waals surface area contributed by atoms with Crippen molar-refractivity contribution in [3.05, 3.63) is 29.3 Å². The second-order valence-corrected chi connectivity index (χ2v) is 5.93. The van der Waals surface area contributed by atoms with Gasteiger partial charge in [0.05, 0.1) is 5.92 Å². The third-order valence-electron chi connectivity index (χ3n) is 3.77. The van der Waals surface area contributed by atoms with Crippen LogP contribution in [0.2, 0.25) is 5.02 Å². The van der Waals surface area contributed by atoms with Crippen molar-refractivity contribution in [3.8, 4) is 0 Å². The van der Waals surface area contributed by atoms with Gasteiger partial charge in [0, 0.05) is 36.8 Å². The van der Waals surface area contributed by atoms with Crippen molar-refractivity contribution in [2.75, 3.05) is 25.0 Å². The Labute approximate surface area is 128 Å². The highest BCUT2D eigenvalue weighted by Crippen LogP contribution is 2.23. The number of likely N-dealkylation sites (tertiary alicyclic amines) is 1. The normalized spacial score (nSPS) is 22.2. The van der Waals surface area contributed by atoms with Gasteiger partial charge in [-0.05, 0) is 24.1 Å². The fourth-order valence-electron chi connectivity index (χ4n) is 2.62. The highest BCUT2D eigenvalue weighted by molar-refractivity contribution is 6.30. The molecule has 0 radical (unpaired) electrons. The molecule has 0 spiro atoms. The molecule has 114 valence electrons. The van der Waals surface area contributed by atoms with Crippen LogP contribution in [0.15, 0.2) is 24.3 Å². The van der Waals surface area contributed by atoms with Crippen LogP contribution in [0.25, 0.3) is 0 Å². The van der Waals surface area contributed by atoms with Crippen molar-refractivity contribution < 1.29 is 14.7 Å². The lowest BCUT2D eigenvalue weighted by Crippen LogP contribution is -2.27. The molecular weight excluding hydrogens is 292 g/mol. The molecule has 1 heterocycles. The number of nitrogens with one attached hydrogen (secondary N) is 1. The fraction of sp³-hybridized carbons (Fsp3) is 0.467. The predicted molar refractivity (Wildman–Crippen MR) is 81.4 cm³/mol. The summed E-state index contributed by atoms with van der Waals surface area (Å²) in [6, 6.07) is 6.99. The molecule has 0 saturated carbocycles. The first kappa shape index (κ1) is 15.8. The SMILES string of the molecule is CC1CN(CCC(=O)Nc2cccc(Cl)c2)CC1C(=O)O. The van der Waals surface area contributed by atoms with E-state index < -0.39 is 5.97 Å². The number of nitrogens with zero attached hydrogens (tertiary/aromatic N) is 1. The van der Waals surface area contributed by atoms with Crippen LogP contribution in [0.4, 0.5) is 5.69 Å². The number of carboxylic acids is 1. The molecule has 1 fully saturated rings. The smallest absolute Gasteiger partial charge is 0.308 e.